The molecule has 1 fully saturated rings. The second-order valence-corrected chi connectivity index (χ2v) is 3.20. The molecular weight excluding hydrogens is 126 g/mol. The van der Waals surface area contributed by atoms with Crippen molar-refractivity contribution in [2.45, 2.75) is 45.7 Å². The lowest BCUT2D eigenvalue weighted by atomic mass is 10.2. The van der Waals surface area contributed by atoms with Crippen molar-refractivity contribution >= 4 is 5.91 Å². The quantitative estimate of drug-likeness (QED) is 0.499. The van der Waals surface area contributed by atoms with E-state index in [0.29, 0.717) is 12.1 Å². The summed E-state index contributed by atoms with van der Waals surface area (Å²) in [5.41, 5.74) is 0. The van der Waals surface area contributed by atoms with Gasteiger partial charge in [-0.05, 0) is 26.7 Å². The Hall–Kier alpha value is -0.530. The second-order valence-electron chi connectivity index (χ2n) is 3.20. The summed E-state index contributed by atoms with van der Waals surface area (Å²) in [6.07, 6.45) is 2.33. The third-order valence-corrected chi connectivity index (χ3v) is 2.32. The van der Waals surface area contributed by atoms with Gasteiger partial charge in [0.05, 0.1) is 0 Å². The summed E-state index contributed by atoms with van der Waals surface area (Å²) < 4.78 is 0. The molecule has 1 saturated heterocycles. The number of hydrogen-bond acceptors (Lipinski definition) is 1. The van der Waals surface area contributed by atoms with Gasteiger partial charge in [0, 0.05) is 19.0 Å². The van der Waals surface area contributed by atoms with Gasteiger partial charge in [0.25, 0.3) is 0 Å². The summed E-state index contributed by atoms with van der Waals surface area (Å²) >= 11 is 0. The van der Waals surface area contributed by atoms with Gasteiger partial charge >= 0.3 is 0 Å². The van der Waals surface area contributed by atoms with Crippen LogP contribution in [0, 0.1) is 0 Å². The van der Waals surface area contributed by atoms with Crippen molar-refractivity contribution in [2.75, 3.05) is 0 Å². The Labute approximate surface area is 62.2 Å². The number of carbonyl (C=O) groups is 1. The highest BCUT2D eigenvalue weighted by molar-refractivity contribution is 5.74. The first-order valence-corrected chi connectivity index (χ1v) is 3.92. The molecule has 58 valence electrons. The molecule has 0 N–H and O–H groups in total. The molecule has 0 saturated carbocycles. The molecule has 1 rings (SSSR count). The molecule has 2 atom stereocenters. The molecule has 1 amide bonds. The Morgan fingerprint density at radius 1 is 1.30 bits per heavy atom. The molecule has 0 aromatic heterocycles. The lowest BCUT2D eigenvalue weighted by Crippen LogP contribution is -2.36. The van der Waals surface area contributed by atoms with Gasteiger partial charge in [0.15, 0.2) is 0 Å². The van der Waals surface area contributed by atoms with E-state index in [1.54, 1.807) is 6.92 Å². The highest BCUT2D eigenvalue weighted by atomic mass is 16.2. The lowest BCUT2D eigenvalue weighted by molar-refractivity contribution is -0.131. The van der Waals surface area contributed by atoms with Crippen LogP contribution >= 0.6 is 0 Å². The average molecular weight is 141 g/mol. The van der Waals surface area contributed by atoms with Crippen LogP contribution in [0.3, 0.4) is 0 Å². The highest BCUT2D eigenvalue weighted by Crippen LogP contribution is 2.22. The van der Waals surface area contributed by atoms with E-state index in [1.807, 2.05) is 4.90 Å². The van der Waals surface area contributed by atoms with Crippen LogP contribution in [0.1, 0.15) is 33.6 Å². The van der Waals surface area contributed by atoms with Crippen LogP contribution in [0.2, 0.25) is 0 Å². The van der Waals surface area contributed by atoms with E-state index in [-0.39, 0.29) is 5.91 Å². The van der Waals surface area contributed by atoms with Gasteiger partial charge < -0.3 is 4.90 Å². The van der Waals surface area contributed by atoms with Gasteiger partial charge in [-0.3, -0.25) is 4.79 Å². The molecule has 1 aliphatic heterocycles. The van der Waals surface area contributed by atoms with E-state index in [1.165, 1.54) is 12.8 Å². The van der Waals surface area contributed by atoms with Gasteiger partial charge in [0.1, 0.15) is 0 Å². The molecule has 0 bridgehead atoms. The molecule has 0 radical (unpaired) electrons. The fourth-order valence-electron chi connectivity index (χ4n) is 1.82. The third-order valence-electron chi connectivity index (χ3n) is 2.32. The highest BCUT2D eigenvalue weighted by Gasteiger charge is 2.28. The number of likely N-dealkylation sites (tertiary alicyclic amines) is 1. The first kappa shape index (κ1) is 7.58. The molecule has 0 aromatic rings. The van der Waals surface area contributed by atoms with Crippen molar-refractivity contribution in [3.8, 4) is 0 Å². The fraction of sp³-hybridized carbons (Fsp3) is 0.875. The van der Waals surface area contributed by atoms with Crippen LogP contribution in [0.15, 0.2) is 0 Å². The molecule has 2 nitrogen and oxygen atoms in total. The smallest absolute Gasteiger partial charge is 0.219 e. The number of rotatable bonds is 0. The Balaban J connectivity index is 2.63. The van der Waals surface area contributed by atoms with E-state index in [9.17, 15) is 4.79 Å². The fourth-order valence-corrected chi connectivity index (χ4v) is 1.82. The summed E-state index contributed by atoms with van der Waals surface area (Å²) in [6, 6.07) is 0.931. The minimum atomic E-state index is 0.220. The molecule has 0 aliphatic carbocycles. The van der Waals surface area contributed by atoms with E-state index in [2.05, 4.69) is 13.8 Å². The largest absolute Gasteiger partial charge is 0.338 e. The summed E-state index contributed by atoms with van der Waals surface area (Å²) in [7, 11) is 0. The summed E-state index contributed by atoms with van der Waals surface area (Å²) in [4.78, 5) is 13.0. The predicted molar refractivity (Wildman–Crippen MR) is 40.7 cm³/mol. The topological polar surface area (TPSA) is 20.3 Å². The zero-order valence-corrected chi connectivity index (χ0v) is 6.92. The van der Waals surface area contributed by atoms with Crippen LogP contribution < -0.4 is 0 Å². The Morgan fingerprint density at radius 3 is 1.90 bits per heavy atom. The average Bonchev–Trinajstić information content (AvgIpc) is 2.11. The maximum Gasteiger partial charge on any atom is 0.219 e. The van der Waals surface area contributed by atoms with Crippen molar-refractivity contribution in [1.82, 2.24) is 4.90 Å². The van der Waals surface area contributed by atoms with Crippen LogP contribution in [0.4, 0.5) is 0 Å². The molecule has 1 heterocycles. The van der Waals surface area contributed by atoms with Crippen LogP contribution in [-0.4, -0.2) is 22.9 Å². The van der Waals surface area contributed by atoms with Crippen LogP contribution in [0.25, 0.3) is 0 Å². The number of amides is 1. The van der Waals surface area contributed by atoms with Crippen molar-refractivity contribution in [2.24, 2.45) is 0 Å². The molecule has 0 aromatic carbocycles. The summed E-state index contributed by atoms with van der Waals surface area (Å²) in [5, 5.41) is 0. The molecule has 1 aliphatic rings. The number of hydrogen-bond donors (Lipinski definition) is 0. The van der Waals surface area contributed by atoms with Gasteiger partial charge in [-0.1, -0.05) is 0 Å². The first-order valence-electron chi connectivity index (χ1n) is 3.92. The summed E-state index contributed by atoms with van der Waals surface area (Å²) in [5.74, 6) is 0.220. The summed E-state index contributed by atoms with van der Waals surface area (Å²) in [6.45, 7) is 5.88. The third kappa shape index (κ3) is 1.15. The maximum absolute atomic E-state index is 11.0. The number of carbonyl (C=O) groups excluding carboxylic acids is 1. The Morgan fingerprint density at radius 2 is 1.70 bits per heavy atom. The lowest BCUT2D eigenvalue weighted by Gasteiger charge is -2.24. The van der Waals surface area contributed by atoms with Crippen molar-refractivity contribution in [1.29, 1.82) is 0 Å². The molecule has 2 heteroatoms. The van der Waals surface area contributed by atoms with Crippen molar-refractivity contribution in [3.05, 3.63) is 0 Å². The minimum Gasteiger partial charge on any atom is -0.338 e. The zero-order chi connectivity index (χ0) is 7.72. The van der Waals surface area contributed by atoms with Gasteiger partial charge in [0.2, 0.25) is 5.91 Å². The maximum atomic E-state index is 11.0. The monoisotopic (exact) mass is 141 g/mol. The van der Waals surface area contributed by atoms with E-state index in [0.717, 1.165) is 0 Å². The van der Waals surface area contributed by atoms with Crippen molar-refractivity contribution < 1.29 is 4.79 Å². The number of nitrogens with zero attached hydrogens (tertiary/aromatic N) is 1. The standard InChI is InChI=1S/C8H15NO/c1-6-4-5-7(2)9(6)8(3)10/h6-7H,4-5H2,1-3H3/t6-,7+. The van der Waals surface area contributed by atoms with E-state index in [4.69, 9.17) is 0 Å². The second kappa shape index (κ2) is 2.60. The first-order chi connectivity index (χ1) is 4.63. The SMILES string of the molecule is CC(=O)N1[C@H](C)CC[C@@H]1C. The molecule has 0 unspecified atom stereocenters. The Kier molecular flexibility index (Phi) is 1.97. The van der Waals surface area contributed by atoms with Gasteiger partial charge in [-0.15, -0.1) is 0 Å². The Bertz CT molecular complexity index is 134. The predicted octanol–water partition coefficient (Wildman–Crippen LogP) is 1.41. The van der Waals surface area contributed by atoms with Crippen LogP contribution in [0.5, 0.6) is 0 Å². The van der Waals surface area contributed by atoms with Crippen molar-refractivity contribution in [3.63, 3.8) is 0 Å². The van der Waals surface area contributed by atoms with E-state index >= 15 is 0 Å². The molecular formula is C8H15NO. The van der Waals surface area contributed by atoms with E-state index < -0.39 is 0 Å². The minimum absolute atomic E-state index is 0.220. The van der Waals surface area contributed by atoms with Gasteiger partial charge in [-0.2, -0.15) is 0 Å². The zero-order valence-electron chi connectivity index (χ0n) is 6.92. The van der Waals surface area contributed by atoms with Crippen LogP contribution in [-0.2, 0) is 4.79 Å². The normalized spacial score (nSPS) is 32.9. The molecule has 0 spiro atoms. The molecule has 10 heavy (non-hydrogen) atoms. The van der Waals surface area contributed by atoms with Gasteiger partial charge in [-0.25, -0.2) is 0 Å².